The van der Waals surface area contributed by atoms with Gasteiger partial charge in [-0.1, -0.05) is 23.7 Å². The number of carbonyl (C=O) groups is 2. The number of methoxy groups -OCH3 is 1. The third kappa shape index (κ3) is 7.65. The Morgan fingerprint density at radius 1 is 1.19 bits per heavy atom. The third-order valence-corrected chi connectivity index (χ3v) is 6.21. The average molecular weight is 614 g/mol. The van der Waals surface area contributed by atoms with E-state index in [4.69, 9.17) is 21.1 Å². The molecule has 0 saturated carbocycles. The molecule has 32 heavy (non-hydrogen) atoms. The lowest BCUT2D eigenvalue weighted by atomic mass is 10.1. The van der Waals surface area contributed by atoms with Crippen LogP contribution in [0.2, 0.25) is 5.02 Å². The lowest BCUT2D eigenvalue weighted by Gasteiger charge is -2.17. The van der Waals surface area contributed by atoms with E-state index in [1.54, 1.807) is 30.3 Å². The van der Waals surface area contributed by atoms with Crippen molar-refractivity contribution in [1.82, 2.24) is 0 Å². The van der Waals surface area contributed by atoms with Crippen LogP contribution >= 0.6 is 43.5 Å². The molecule has 1 N–H and O–H groups in total. The van der Waals surface area contributed by atoms with Gasteiger partial charge in [0, 0.05) is 18.9 Å². The maximum atomic E-state index is 11.9. The molecule has 0 aliphatic carbocycles. The molecule has 2 rings (SSSR count). The van der Waals surface area contributed by atoms with Gasteiger partial charge >= 0.3 is 11.9 Å². The predicted molar refractivity (Wildman–Crippen MR) is 127 cm³/mol. The number of carbonyl (C=O) groups excluding carboxylic acids is 2. The van der Waals surface area contributed by atoms with Crippen LogP contribution in [0.1, 0.15) is 18.1 Å². The van der Waals surface area contributed by atoms with Gasteiger partial charge in [0.2, 0.25) is 16.1 Å². The van der Waals surface area contributed by atoms with Crippen LogP contribution in [0.25, 0.3) is 0 Å². The fraction of sp³-hybridized carbons (Fsp3) is 0.300. The van der Waals surface area contributed by atoms with Gasteiger partial charge in [-0.15, -0.1) is 0 Å². The zero-order valence-electron chi connectivity index (χ0n) is 17.3. The first-order chi connectivity index (χ1) is 14.9. The monoisotopic (exact) mass is 611 g/mol. The maximum Gasteiger partial charge on any atom is 0.347 e. The Morgan fingerprint density at radius 3 is 2.34 bits per heavy atom. The van der Waals surface area contributed by atoms with Gasteiger partial charge < -0.3 is 14.2 Å². The highest BCUT2D eigenvalue weighted by Gasteiger charge is 2.24. The Labute approximate surface area is 207 Å². The van der Waals surface area contributed by atoms with Crippen molar-refractivity contribution in [3.05, 3.63) is 55.4 Å². The lowest BCUT2D eigenvalue weighted by Crippen LogP contribution is -2.29. The number of ether oxygens (including phenoxy) is 3. The minimum absolute atomic E-state index is 0.0624. The van der Waals surface area contributed by atoms with E-state index >= 15 is 0 Å². The number of hydrogen-bond acceptors (Lipinski definition) is 7. The molecule has 0 aromatic heterocycles. The summed E-state index contributed by atoms with van der Waals surface area (Å²) < 4.78 is 42.1. The second-order valence-corrected chi connectivity index (χ2v) is 10.5. The summed E-state index contributed by atoms with van der Waals surface area (Å²) in [5, 5.41) is 0.226. The van der Waals surface area contributed by atoms with E-state index in [-0.39, 0.29) is 23.7 Å². The van der Waals surface area contributed by atoms with Crippen molar-refractivity contribution in [3.8, 4) is 5.75 Å². The quantitative estimate of drug-likeness (QED) is 0.416. The number of sulfonamides is 1. The van der Waals surface area contributed by atoms with Gasteiger partial charge in [0.05, 0.1) is 33.0 Å². The Bertz CT molecular complexity index is 1100. The number of halogens is 3. The maximum absolute atomic E-state index is 11.9. The van der Waals surface area contributed by atoms with Crippen LogP contribution in [0.15, 0.2) is 39.3 Å². The van der Waals surface area contributed by atoms with Gasteiger partial charge in [-0.25, -0.2) is 13.2 Å². The number of benzene rings is 2. The number of hydrogen-bond donors (Lipinski definition) is 1. The average Bonchev–Trinajstić information content (AvgIpc) is 2.67. The Hall–Kier alpha value is -1.82. The Balaban J connectivity index is 2.20. The minimum Gasteiger partial charge on any atom is -0.486 e. The van der Waals surface area contributed by atoms with Gasteiger partial charge in [0.1, 0.15) is 12.4 Å². The van der Waals surface area contributed by atoms with E-state index in [0.29, 0.717) is 25.8 Å². The SMILES string of the molecule is COC(=O)C(Cc1cc(Br)c(OCc2cccc(NS(C)(=O)=O)c2Cl)c(Br)c1)OC(C)=O. The fourth-order valence-electron chi connectivity index (χ4n) is 2.71. The molecule has 0 aliphatic rings. The summed E-state index contributed by atoms with van der Waals surface area (Å²) in [5.74, 6) is -0.790. The molecule has 0 spiro atoms. The normalized spacial score (nSPS) is 12.1. The molecular formula is C20H20Br2ClNO7S. The van der Waals surface area contributed by atoms with Crippen molar-refractivity contribution in [1.29, 1.82) is 0 Å². The summed E-state index contributed by atoms with van der Waals surface area (Å²) in [5.41, 5.74) is 1.51. The van der Waals surface area contributed by atoms with Gasteiger partial charge in [0.25, 0.3) is 0 Å². The van der Waals surface area contributed by atoms with Crippen LogP contribution in [-0.2, 0) is 42.1 Å². The summed E-state index contributed by atoms with van der Waals surface area (Å²) >= 11 is 13.2. The molecule has 12 heteroatoms. The number of nitrogens with one attached hydrogen (secondary N) is 1. The first-order valence-electron chi connectivity index (χ1n) is 9.02. The highest BCUT2D eigenvalue weighted by atomic mass is 79.9. The highest BCUT2D eigenvalue weighted by Crippen LogP contribution is 2.37. The van der Waals surface area contributed by atoms with Crippen LogP contribution in [0, 0.1) is 0 Å². The lowest BCUT2D eigenvalue weighted by molar-refractivity contribution is -0.164. The van der Waals surface area contributed by atoms with Crippen LogP contribution < -0.4 is 9.46 Å². The van der Waals surface area contributed by atoms with Crippen molar-refractivity contribution < 1.29 is 32.2 Å². The summed E-state index contributed by atoms with van der Waals surface area (Å²) in [6.45, 7) is 1.27. The Kier molecular flexibility index (Phi) is 9.38. The molecule has 0 bridgehead atoms. The van der Waals surface area contributed by atoms with Gasteiger partial charge in [-0.3, -0.25) is 9.52 Å². The molecule has 2 aromatic carbocycles. The molecule has 8 nitrogen and oxygen atoms in total. The minimum atomic E-state index is -3.48. The number of anilines is 1. The molecule has 1 unspecified atom stereocenters. The van der Waals surface area contributed by atoms with E-state index in [9.17, 15) is 18.0 Å². The van der Waals surface area contributed by atoms with Crippen molar-refractivity contribution in [2.75, 3.05) is 18.1 Å². The van der Waals surface area contributed by atoms with Crippen molar-refractivity contribution in [2.45, 2.75) is 26.1 Å². The smallest absolute Gasteiger partial charge is 0.347 e. The molecule has 0 radical (unpaired) electrons. The number of rotatable bonds is 9. The first-order valence-corrected chi connectivity index (χ1v) is 12.9. The second-order valence-electron chi connectivity index (χ2n) is 6.66. The summed E-state index contributed by atoms with van der Waals surface area (Å²) in [6, 6.07) is 8.37. The van der Waals surface area contributed by atoms with Gasteiger partial charge in [-0.2, -0.15) is 0 Å². The largest absolute Gasteiger partial charge is 0.486 e. The van der Waals surface area contributed by atoms with Crippen LogP contribution in [-0.4, -0.2) is 39.8 Å². The summed E-state index contributed by atoms with van der Waals surface area (Å²) in [6.07, 6.45) is 0.0652. The number of esters is 2. The summed E-state index contributed by atoms with van der Waals surface area (Å²) in [7, 11) is -2.27. The van der Waals surface area contributed by atoms with Crippen LogP contribution in [0.3, 0.4) is 0 Å². The highest BCUT2D eigenvalue weighted by molar-refractivity contribution is 9.11. The fourth-order valence-corrected chi connectivity index (χ4v) is 5.07. The molecule has 0 amide bonds. The zero-order valence-corrected chi connectivity index (χ0v) is 22.0. The van der Waals surface area contributed by atoms with Crippen molar-refractivity contribution in [2.24, 2.45) is 0 Å². The third-order valence-electron chi connectivity index (χ3n) is 4.00. The molecule has 0 aliphatic heterocycles. The second kappa shape index (κ2) is 11.4. The van der Waals surface area contributed by atoms with E-state index in [1.807, 2.05) is 0 Å². The predicted octanol–water partition coefficient (Wildman–Crippen LogP) is 4.46. The summed E-state index contributed by atoms with van der Waals surface area (Å²) in [4.78, 5) is 23.2. The first kappa shape index (κ1) is 26.4. The van der Waals surface area contributed by atoms with Crippen molar-refractivity contribution in [3.63, 3.8) is 0 Å². The van der Waals surface area contributed by atoms with Crippen LogP contribution in [0.5, 0.6) is 5.75 Å². The van der Waals surface area contributed by atoms with E-state index in [2.05, 4.69) is 41.3 Å². The van der Waals surface area contributed by atoms with E-state index < -0.39 is 28.1 Å². The molecule has 174 valence electrons. The molecule has 2 aromatic rings. The standard InChI is InChI=1S/C20H20Br2ClNO7S/c1-11(25)31-17(20(26)29-2)9-12-7-14(21)19(15(22)8-12)30-10-13-5-4-6-16(18(13)23)24-32(3,27)28/h4-8,17,24H,9-10H2,1-3H3. The molecule has 0 fully saturated rings. The van der Waals surface area contributed by atoms with E-state index in [0.717, 1.165) is 6.26 Å². The topological polar surface area (TPSA) is 108 Å². The zero-order chi connectivity index (χ0) is 24.1. The molecule has 0 saturated heterocycles. The Morgan fingerprint density at radius 2 is 1.81 bits per heavy atom. The van der Waals surface area contributed by atoms with Crippen LogP contribution in [0.4, 0.5) is 5.69 Å². The molecular weight excluding hydrogens is 594 g/mol. The molecule has 1 atom stereocenters. The van der Waals surface area contributed by atoms with Gasteiger partial charge in [-0.05, 0) is 55.6 Å². The molecule has 0 heterocycles. The van der Waals surface area contributed by atoms with Gasteiger partial charge in [0.15, 0.2) is 0 Å². The van der Waals surface area contributed by atoms with E-state index in [1.165, 1.54) is 14.0 Å². The van der Waals surface area contributed by atoms with Crippen molar-refractivity contribution >= 4 is 71.1 Å².